The molecule has 0 amide bonds. The second-order valence-electron chi connectivity index (χ2n) is 4.91. The highest BCUT2D eigenvalue weighted by Gasteiger charge is 2.15. The summed E-state index contributed by atoms with van der Waals surface area (Å²) in [5, 5.41) is 0. The molecular formula is C15H25NO2. The van der Waals surface area contributed by atoms with Gasteiger partial charge in [0.1, 0.15) is 11.5 Å². The van der Waals surface area contributed by atoms with Crippen molar-refractivity contribution in [2.45, 2.75) is 33.6 Å². The summed E-state index contributed by atoms with van der Waals surface area (Å²) in [6.45, 7) is 7.08. The summed E-state index contributed by atoms with van der Waals surface area (Å²) in [4.78, 5) is 0. The Bertz CT molecular complexity index is 402. The van der Waals surface area contributed by atoms with Gasteiger partial charge in [0.25, 0.3) is 0 Å². The third-order valence-electron chi connectivity index (χ3n) is 3.52. The Morgan fingerprint density at radius 3 is 2.33 bits per heavy atom. The fraction of sp³-hybridized carbons (Fsp3) is 0.600. The lowest BCUT2D eigenvalue weighted by Crippen LogP contribution is -2.09. The van der Waals surface area contributed by atoms with Gasteiger partial charge in [-0.1, -0.05) is 6.92 Å². The van der Waals surface area contributed by atoms with Crippen molar-refractivity contribution >= 4 is 0 Å². The molecule has 0 aliphatic rings. The van der Waals surface area contributed by atoms with E-state index in [4.69, 9.17) is 15.2 Å². The van der Waals surface area contributed by atoms with E-state index in [0.717, 1.165) is 42.0 Å². The monoisotopic (exact) mass is 251 g/mol. The van der Waals surface area contributed by atoms with Crippen LogP contribution in [0.25, 0.3) is 0 Å². The van der Waals surface area contributed by atoms with Gasteiger partial charge in [0.05, 0.1) is 14.2 Å². The fourth-order valence-corrected chi connectivity index (χ4v) is 2.34. The highest BCUT2D eigenvalue weighted by molar-refractivity contribution is 5.52. The number of nitrogens with two attached hydrogens (primary N) is 1. The molecule has 2 N–H and O–H groups in total. The first kappa shape index (κ1) is 14.8. The highest BCUT2D eigenvalue weighted by atomic mass is 16.5. The van der Waals surface area contributed by atoms with E-state index >= 15 is 0 Å². The smallest absolute Gasteiger partial charge is 0.125 e. The molecule has 1 aromatic carbocycles. The van der Waals surface area contributed by atoms with Crippen molar-refractivity contribution in [2.24, 2.45) is 11.7 Å². The average Bonchev–Trinajstić information content (AvgIpc) is 2.34. The lowest BCUT2D eigenvalue weighted by atomic mass is 9.94. The number of benzene rings is 1. The summed E-state index contributed by atoms with van der Waals surface area (Å²) < 4.78 is 11.0. The van der Waals surface area contributed by atoms with E-state index in [1.807, 2.05) is 0 Å². The van der Waals surface area contributed by atoms with Crippen molar-refractivity contribution in [3.8, 4) is 11.5 Å². The van der Waals surface area contributed by atoms with Gasteiger partial charge in [0.2, 0.25) is 0 Å². The van der Waals surface area contributed by atoms with E-state index in [2.05, 4.69) is 26.8 Å². The molecule has 0 spiro atoms. The standard InChI is InChI=1S/C15H25NO2/c1-10(6-7-16)8-13-9-14(17-4)11(2)12(3)15(13)18-5/h9-10H,6-8,16H2,1-5H3. The molecule has 0 heterocycles. The van der Waals surface area contributed by atoms with Gasteiger partial charge in [-0.3, -0.25) is 0 Å². The summed E-state index contributed by atoms with van der Waals surface area (Å²) in [6.07, 6.45) is 2.00. The molecule has 0 aliphatic heterocycles. The quantitative estimate of drug-likeness (QED) is 0.845. The molecule has 18 heavy (non-hydrogen) atoms. The second-order valence-corrected chi connectivity index (χ2v) is 4.91. The number of hydrogen-bond acceptors (Lipinski definition) is 3. The zero-order chi connectivity index (χ0) is 13.7. The maximum Gasteiger partial charge on any atom is 0.125 e. The molecule has 0 saturated carbocycles. The molecule has 102 valence electrons. The van der Waals surface area contributed by atoms with Crippen LogP contribution in [0.4, 0.5) is 0 Å². The minimum atomic E-state index is 0.552. The number of rotatable bonds is 6. The van der Waals surface area contributed by atoms with Crippen LogP contribution in [0.3, 0.4) is 0 Å². The summed E-state index contributed by atoms with van der Waals surface area (Å²) in [7, 11) is 3.44. The van der Waals surface area contributed by atoms with Crippen LogP contribution in [0.2, 0.25) is 0 Å². The van der Waals surface area contributed by atoms with E-state index in [-0.39, 0.29) is 0 Å². The predicted molar refractivity (Wildman–Crippen MR) is 75.6 cm³/mol. The first-order valence-corrected chi connectivity index (χ1v) is 6.46. The number of methoxy groups -OCH3 is 2. The minimum Gasteiger partial charge on any atom is -0.496 e. The Kier molecular flexibility index (Phi) is 5.48. The molecule has 0 radical (unpaired) electrons. The Balaban J connectivity index is 3.12. The lowest BCUT2D eigenvalue weighted by Gasteiger charge is -2.19. The Morgan fingerprint density at radius 2 is 1.83 bits per heavy atom. The first-order chi connectivity index (χ1) is 8.54. The maximum absolute atomic E-state index is 5.61. The molecule has 0 fully saturated rings. The van der Waals surface area contributed by atoms with Gasteiger partial charge in [-0.2, -0.15) is 0 Å². The molecule has 0 aromatic heterocycles. The molecule has 1 unspecified atom stereocenters. The third kappa shape index (κ3) is 3.16. The van der Waals surface area contributed by atoms with Crippen LogP contribution in [-0.2, 0) is 6.42 Å². The zero-order valence-corrected chi connectivity index (χ0v) is 12.2. The SMILES string of the molecule is COc1cc(CC(C)CCN)c(OC)c(C)c1C. The van der Waals surface area contributed by atoms with Crippen LogP contribution in [0.15, 0.2) is 6.07 Å². The topological polar surface area (TPSA) is 44.5 Å². The summed E-state index contributed by atoms with van der Waals surface area (Å²) in [6, 6.07) is 2.09. The third-order valence-corrected chi connectivity index (χ3v) is 3.52. The molecule has 3 nitrogen and oxygen atoms in total. The van der Waals surface area contributed by atoms with Crippen molar-refractivity contribution in [1.29, 1.82) is 0 Å². The Hall–Kier alpha value is -1.22. The van der Waals surface area contributed by atoms with Gasteiger partial charge >= 0.3 is 0 Å². The van der Waals surface area contributed by atoms with E-state index in [0.29, 0.717) is 5.92 Å². The first-order valence-electron chi connectivity index (χ1n) is 6.46. The number of hydrogen-bond donors (Lipinski definition) is 1. The van der Waals surface area contributed by atoms with E-state index in [1.54, 1.807) is 14.2 Å². The normalized spacial score (nSPS) is 12.3. The van der Waals surface area contributed by atoms with Crippen molar-refractivity contribution < 1.29 is 9.47 Å². The molecule has 0 saturated heterocycles. The molecular weight excluding hydrogens is 226 g/mol. The second kappa shape index (κ2) is 6.64. The van der Waals surface area contributed by atoms with Crippen LogP contribution < -0.4 is 15.2 Å². The molecule has 0 bridgehead atoms. The minimum absolute atomic E-state index is 0.552. The summed E-state index contributed by atoms with van der Waals surface area (Å²) in [5.74, 6) is 2.47. The summed E-state index contributed by atoms with van der Waals surface area (Å²) >= 11 is 0. The Morgan fingerprint density at radius 1 is 1.17 bits per heavy atom. The fourth-order valence-electron chi connectivity index (χ4n) is 2.34. The van der Waals surface area contributed by atoms with Crippen LogP contribution in [0.5, 0.6) is 11.5 Å². The molecule has 3 heteroatoms. The van der Waals surface area contributed by atoms with E-state index < -0.39 is 0 Å². The van der Waals surface area contributed by atoms with E-state index in [9.17, 15) is 0 Å². The highest BCUT2D eigenvalue weighted by Crippen LogP contribution is 2.34. The largest absolute Gasteiger partial charge is 0.496 e. The average molecular weight is 251 g/mol. The number of ether oxygens (including phenoxy) is 2. The van der Waals surface area contributed by atoms with E-state index in [1.165, 1.54) is 5.56 Å². The van der Waals surface area contributed by atoms with Gasteiger partial charge in [-0.05, 0) is 61.9 Å². The molecule has 0 aliphatic carbocycles. The van der Waals surface area contributed by atoms with Gasteiger partial charge < -0.3 is 15.2 Å². The van der Waals surface area contributed by atoms with Gasteiger partial charge in [0.15, 0.2) is 0 Å². The van der Waals surface area contributed by atoms with Crippen molar-refractivity contribution in [3.63, 3.8) is 0 Å². The predicted octanol–water partition coefficient (Wildman–Crippen LogP) is 2.85. The molecule has 1 atom stereocenters. The van der Waals surface area contributed by atoms with Crippen molar-refractivity contribution in [3.05, 3.63) is 22.8 Å². The van der Waals surface area contributed by atoms with Gasteiger partial charge in [-0.15, -0.1) is 0 Å². The lowest BCUT2D eigenvalue weighted by molar-refractivity contribution is 0.389. The van der Waals surface area contributed by atoms with Crippen LogP contribution in [-0.4, -0.2) is 20.8 Å². The summed E-state index contributed by atoms with van der Waals surface area (Å²) in [5.41, 5.74) is 9.12. The van der Waals surface area contributed by atoms with Crippen LogP contribution in [0, 0.1) is 19.8 Å². The Labute approximate surface area is 110 Å². The van der Waals surface area contributed by atoms with Gasteiger partial charge in [-0.25, -0.2) is 0 Å². The van der Waals surface area contributed by atoms with Crippen LogP contribution >= 0.6 is 0 Å². The zero-order valence-electron chi connectivity index (χ0n) is 12.2. The maximum atomic E-state index is 5.61. The van der Waals surface area contributed by atoms with Gasteiger partial charge in [0, 0.05) is 0 Å². The van der Waals surface area contributed by atoms with Crippen LogP contribution in [0.1, 0.15) is 30.0 Å². The molecule has 1 rings (SSSR count). The molecule has 1 aromatic rings. The van der Waals surface area contributed by atoms with Crippen molar-refractivity contribution in [1.82, 2.24) is 0 Å². The van der Waals surface area contributed by atoms with Crippen molar-refractivity contribution in [2.75, 3.05) is 20.8 Å².